The molecule has 0 radical (unpaired) electrons. The molecule has 6 rings (SSSR count). The molecule has 2 bridgehead atoms. The molecule has 3 fully saturated rings. The van der Waals surface area contributed by atoms with Crippen LogP contribution in [-0.2, 0) is 4.79 Å². The normalized spacial score (nSPS) is 22.6. The SMILES string of the molecule is O=C(N[C@@H]1CN2CCC1CC2)c1nsc2cc(-c3ccccc3)ccc12.O=CO. The van der Waals surface area contributed by atoms with Crippen LogP contribution in [-0.4, -0.2) is 52.4 Å². The lowest BCUT2D eigenvalue weighted by Gasteiger charge is -2.44. The van der Waals surface area contributed by atoms with Gasteiger partial charge in [-0.3, -0.25) is 9.59 Å². The summed E-state index contributed by atoms with van der Waals surface area (Å²) >= 11 is 1.41. The van der Waals surface area contributed by atoms with Gasteiger partial charge in [-0.05, 0) is 60.6 Å². The number of aromatic nitrogens is 1. The van der Waals surface area contributed by atoms with Crippen LogP contribution in [0.5, 0.6) is 0 Å². The standard InChI is InChI=1S/C21H21N3OS.CH2O2/c25-21(22-18-13-24-10-8-15(18)9-11-24)20-17-7-6-16(12-19(17)26-23-20)14-4-2-1-3-5-14;2-1-3/h1-7,12,15,18H,8-11,13H2,(H,22,25);1H,(H,2,3)/t18-;/m1./s1. The molecule has 0 saturated carbocycles. The number of nitrogens with one attached hydrogen (secondary N) is 1. The van der Waals surface area contributed by atoms with Gasteiger partial charge in [0.2, 0.25) is 0 Å². The molecule has 2 N–H and O–H groups in total. The third kappa shape index (κ3) is 4.16. The fraction of sp³-hybridized carbons (Fsp3) is 0.318. The summed E-state index contributed by atoms with van der Waals surface area (Å²) in [6.45, 7) is 3.09. The maximum absolute atomic E-state index is 12.8. The van der Waals surface area contributed by atoms with Crippen molar-refractivity contribution in [2.75, 3.05) is 19.6 Å². The summed E-state index contributed by atoms with van der Waals surface area (Å²) in [4.78, 5) is 23.6. The zero-order chi connectivity index (χ0) is 20.2. The second-order valence-electron chi connectivity index (χ2n) is 7.43. The van der Waals surface area contributed by atoms with E-state index in [1.807, 2.05) is 24.3 Å². The van der Waals surface area contributed by atoms with Gasteiger partial charge in [-0.15, -0.1) is 0 Å². The van der Waals surface area contributed by atoms with Crippen molar-refractivity contribution in [2.24, 2.45) is 5.92 Å². The van der Waals surface area contributed by atoms with Gasteiger partial charge in [0.1, 0.15) is 5.69 Å². The topological polar surface area (TPSA) is 82.5 Å². The number of benzene rings is 2. The Morgan fingerprint density at radius 3 is 2.52 bits per heavy atom. The molecule has 2 aromatic carbocycles. The van der Waals surface area contributed by atoms with Gasteiger partial charge in [0, 0.05) is 18.0 Å². The van der Waals surface area contributed by atoms with Crippen LogP contribution in [0.1, 0.15) is 23.3 Å². The highest BCUT2D eigenvalue weighted by atomic mass is 32.1. The van der Waals surface area contributed by atoms with Crippen molar-refractivity contribution in [1.29, 1.82) is 0 Å². The largest absolute Gasteiger partial charge is 0.483 e. The molecule has 3 aliphatic rings. The number of amides is 1. The zero-order valence-corrected chi connectivity index (χ0v) is 16.8. The van der Waals surface area contributed by atoms with Gasteiger partial charge in [0.25, 0.3) is 12.4 Å². The predicted octanol–water partition coefficient (Wildman–Crippen LogP) is 3.49. The highest BCUT2D eigenvalue weighted by Gasteiger charge is 2.35. The Labute approximate surface area is 173 Å². The maximum atomic E-state index is 12.8. The van der Waals surface area contributed by atoms with Crippen molar-refractivity contribution in [3.05, 3.63) is 54.2 Å². The van der Waals surface area contributed by atoms with Gasteiger partial charge >= 0.3 is 0 Å². The van der Waals surface area contributed by atoms with Crippen molar-refractivity contribution >= 4 is 34.0 Å². The Bertz CT molecular complexity index is 997. The van der Waals surface area contributed by atoms with Crippen molar-refractivity contribution in [3.63, 3.8) is 0 Å². The lowest BCUT2D eigenvalue weighted by molar-refractivity contribution is -0.122. The minimum absolute atomic E-state index is 0.0255. The third-order valence-electron chi connectivity index (χ3n) is 5.77. The van der Waals surface area contributed by atoms with Crippen molar-refractivity contribution in [1.82, 2.24) is 14.6 Å². The van der Waals surface area contributed by atoms with Gasteiger partial charge in [-0.25, -0.2) is 0 Å². The summed E-state index contributed by atoms with van der Waals surface area (Å²) in [5.41, 5.74) is 2.91. The molecule has 1 aromatic heterocycles. The molecule has 3 saturated heterocycles. The molecule has 6 nitrogen and oxygen atoms in total. The predicted molar refractivity (Wildman–Crippen MR) is 114 cm³/mol. The Kier molecular flexibility index (Phi) is 5.87. The lowest BCUT2D eigenvalue weighted by atomic mass is 9.84. The zero-order valence-electron chi connectivity index (χ0n) is 16.0. The number of carbonyl (C=O) groups is 2. The highest BCUT2D eigenvalue weighted by molar-refractivity contribution is 7.13. The van der Waals surface area contributed by atoms with Gasteiger partial charge in [0.15, 0.2) is 0 Å². The molecule has 3 aromatic rings. The minimum atomic E-state index is -0.250. The van der Waals surface area contributed by atoms with Crippen LogP contribution in [0, 0.1) is 5.92 Å². The van der Waals surface area contributed by atoms with Gasteiger partial charge in [0.05, 0.1) is 4.70 Å². The number of hydrogen-bond donors (Lipinski definition) is 2. The molecule has 7 heteroatoms. The lowest BCUT2D eigenvalue weighted by Crippen LogP contribution is -2.57. The van der Waals surface area contributed by atoms with Crippen molar-refractivity contribution in [3.8, 4) is 11.1 Å². The Balaban J connectivity index is 0.000000645. The number of nitrogens with zero attached hydrogens (tertiary/aromatic N) is 2. The van der Waals surface area contributed by atoms with E-state index in [0.29, 0.717) is 11.6 Å². The van der Waals surface area contributed by atoms with E-state index in [2.05, 4.69) is 38.9 Å². The second-order valence-corrected chi connectivity index (χ2v) is 8.24. The summed E-state index contributed by atoms with van der Waals surface area (Å²) in [7, 11) is 0. The summed E-state index contributed by atoms with van der Waals surface area (Å²) in [6.07, 6.45) is 2.40. The fourth-order valence-corrected chi connectivity index (χ4v) is 5.09. The third-order valence-corrected chi connectivity index (χ3v) is 6.58. The van der Waals surface area contributed by atoms with Gasteiger partial charge in [-0.1, -0.05) is 42.5 Å². The smallest absolute Gasteiger partial charge is 0.290 e. The first-order valence-electron chi connectivity index (χ1n) is 9.75. The van der Waals surface area contributed by atoms with E-state index in [9.17, 15) is 4.79 Å². The molecule has 0 unspecified atom stereocenters. The Hall–Kier alpha value is -2.77. The second kappa shape index (κ2) is 8.71. The average Bonchev–Trinajstić information content (AvgIpc) is 3.19. The molecular formula is C22H23N3O3S. The van der Waals surface area contributed by atoms with E-state index in [4.69, 9.17) is 9.90 Å². The van der Waals surface area contributed by atoms with E-state index < -0.39 is 0 Å². The van der Waals surface area contributed by atoms with Crippen LogP contribution in [0.3, 0.4) is 0 Å². The number of fused-ring (bicyclic) bond motifs is 4. The van der Waals surface area contributed by atoms with E-state index in [-0.39, 0.29) is 18.4 Å². The van der Waals surface area contributed by atoms with Crippen LogP contribution in [0.2, 0.25) is 0 Å². The van der Waals surface area contributed by atoms with E-state index in [1.165, 1.54) is 43.0 Å². The average molecular weight is 410 g/mol. The molecule has 1 amide bonds. The summed E-state index contributed by atoms with van der Waals surface area (Å²) < 4.78 is 5.53. The number of hydrogen-bond acceptors (Lipinski definition) is 5. The van der Waals surface area contributed by atoms with Crippen molar-refractivity contribution in [2.45, 2.75) is 18.9 Å². The summed E-state index contributed by atoms with van der Waals surface area (Å²) in [5, 5.41) is 11.1. The quantitative estimate of drug-likeness (QED) is 0.647. The molecule has 4 heterocycles. The first kappa shape index (κ1) is 19.5. The molecule has 1 atom stereocenters. The number of carboxylic acid groups (broad SMARTS) is 1. The van der Waals surface area contributed by atoms with Crippen LogP contribution in [0.15, 0.2) is 48.5 Å². The number of piperidine rings is 3. The molecule has 3 aliphatic heterocycles. The number of rotatable bonds is 3. The van der Waals surface area contributed by atoms with E-state index in [0.717, 1.165) is 22.2 Å². The monoisotopic (exact) mass is 409 g/mol. The van der Waals surface area contributed by atoms with Crippen LogP contribution >= 0.6 is 11.5 Å². The molecular weight excluding hydrogens is 386 g/mol. The van der Waals surface area contributed by atoms with Crippen LogP contribution < -0.4 is 5.32 Å². The molecule has 29 heavy (non-hydrogen) atoms. The summed E-state index contributed by atoms with van der Waals surface area (Å²) in [5.74, 6) is 0.598. The highest BCUT2D eigenvalue weighted by Crippen LogP contribution is 2.30. The van der Waals surface area contributed by atoms with Gasteiger partial charge in [-0.2, -0.15) is 4.37 Å². The van der Waals surface area contributed by atoms with Crippen molar-refractivity contribution < 1.29 is 14.7 Å². The Morgan fingerprint density at radius 2 is 1.86 bits per heavy atom. The fourth-order valence-electron chi connectivity index (χ4n) is 4.28. The molecule has 150 valence electrons. The number of carbonyl (C=O) groups excluding carboxylic acids is 1. The minimum Gasteiger partial charge on any atom is -0.483 e. The van der Waals surface area contributed by atoms with E-state index in [1.54, 1.807) is 0 Å². The van der Waals surface area contributed by atoms with Gasteiger partial charge < -0.3 is 15.3 Å². The Morgan fingerprint density at radius 1 is 1.14 bits per heavy atom. The maximum Gasteiger partial charge on any atom is 0.290 e. The summed E-state index contributed by atoms with van der Waals surface area (Å²) in [6, 6.07) is 16.8. The molecule has 0 aliphatic carbocycles. The van der Waals surface area contributed by atoms with Crippen LogP contribution in [0.4, 0.5) is 0 Å². The van der Waals surface area contributed by atoms with E-state index >= 15 is 0 Å². The first-order chi connectivity index (χ1) is 14.2. The van der Waals surface area contributed by atoms with Crippen LogP contribution in [0.25, 0.3) is 21.2 Å². The molecule has 0 spiro atoms. The first-order valence-corrected chi connectivity index (χ1v) is 10.5.